The Hall–Kier alpha value is -1.98. The number of hydrogen-bond acceptors (Lipinski definition) is 3. The zero-order valence-electron chi connectivity index (χ0n) is 8.25. The van der Waals surface area contributed by atoms with E-state index in [2.05, 4.69) is 10.3 Å². The molecule has 2 amide bonds. The van der Waals surface area contributed by atoms with E-state index >= 15 is 0 Å². The van der Waals surface area contributed by atoms with E-state index in [1.165, 1.54) is 0 Å². The monoisotopic (exact) mass is 210 g/mol. The number of nitrogen functional groups attached to an aromatic ring is 1. The Bertz CT molecular complexity index is 359. The van der Waals surface area contributed by atoms with E-state index in [-0.39, 0.29) is 18.2 Å². The molecule has 15 heavy (non-hydrogen) atoms. The molecular formula is C9H14N4O2. The molecule has 0 spiro atoms. The Labute approximate surface area is 87.0 Å². The molecule has 1 aromatic rings. The number of carbonyl (C=O) groups excluding carboxylic acids is 2. The molecule has 6 nitrogen and oxygen atoms in total. The van der Waals surface area contributed by atoms with Gasteiger partial charge in [-0.2, -0.15) is 0 Å². The molecule has 0 atom stereocenters. The number of aromatic amines is 1. The molecule has 6 N–H and O–H groups in total. The van der Waals surface area contributed by atoms with Gasteiger partial charge in [-0.3, -0.25) is 9.59 Å². The van der Waals surface area contributed by atoms with Crippen molar-refractivity contribution < 1.29 is 9.59 Å². The fraction of sp³-hybridized carbons (Fsp3) is 0.333. The number of nitrogens with two attached hydrogens (primary N) is 2. The van der Waals surface area contributed by atoms with Crippen LogP contribution in [0.3, 0.4) is 0 Å². The zero-order chi connectivity index (χ0) is 11.3. The van der Waals surface area contributed by atoms with Crippen molar-refractivity contribution in [2.24, 2.45) is 5.73 Å². The number of hydrogen-bond donors (Lipinski definition) is 4. The van der Waals surface area contributed by atoms with Gasteiger partial charge in [-0.15, -0.1) is 0 Å². The van der Waals surface area contributed by atoms with Crippen molar-refractivity contribution in [3.8, 4) is 0 Å². The summed E-state index contributed by atoms with van der Waals surface area (Å²) in [6.45, 7) is 0.417. The maximum absolute atomic E-state index is 11.4. The van der Waals surface area contributed by atoms with Crippen molar-refractivity contribution in [3.05, 3.63) is 18.0 Å². The standard InChI is InChI=1S/C9H14N4O2/c10-6-4-7(13-5-6)9(15)12-3-1-2-8(11)14/h4-5,13H,1-3,10H2,(H2,11,14)(H,12,15). The van der Waals surface area contributed by atoms with Crippen molar-refractivity contribution in [2.75, 3.05) is 12.3 Å². The average molecular weight is 210 g/mol. The fourth-order valence-electron chi connectivity index (χ4n) is 1.10. The summed E-state index contributed by atoms with van der Waals surface area (Å²) in [5.74, 6) is -0.607. The molecule has 1 rings (SSSR count). The first-order valence-corrected chi connectivity index (χ1v) is 4.60. The van der Waals surface area contributed by atoms with Gasteiger partial charge in [-0.1, -0.05) is 0 Å². The van der Waals surface area contributed by atoms with Crippen molar-refractivity contribution >= 4 is 17.5 Å². The van der Waals surface area contributed by atoms with Crippen LogP contribution in [0.5, 0.6) is 0 Å². The Morgan fingerprint density at radius 2 is 2.20 bits per heavy atom. The van der Waals surface area contributed by atoms with E-state index < -0.39 is 0 Å². The molecule has 6 heteroatoms. The van der Waals surface area contributed by atoms with Gasteiger partial charge in [0.25, 0.3) is 5.91 Å². The average Bonchev–Trinajstić information content (AvgIpc) is 2.59. The zero-order valence-corrected chi connectivity index (χ0v) is 8.25. The molecule has 0 aliphatic carbocycles. The van der Waals surface area contributed by atoms with Crippen LogP contribution in [0.4, 0.5) is 5.69 Å². The number of nitrogens with one attached hydrogen (secondary N) is 2. The molecular weight excluding hydrogens is 196 g/mol. The summed E-state index contributed by atoms with van der Waals surface area (Å²) < 4.78 is 0. The van der Waals surface area contributed by atoms with Crippen LogP contribution in [-0.2, 0) is 4.79 Å². The lowest BCUT2D eigenvalue weighted by atomic mass is 10.3. The number of amides is 2. The summed E-state index contributed by atoms with van der Waals surface area (Å²) in [4.78, 5) is 24.5. The second kappa shape index (κ2) is 5.04. The van der Waals surface area contributed by atoms with Crippen molar-refractivity contribution in [2.45, 2.75) is 12.8 Å². The molecule has 0 unspecified atom stereocenters. The summed E-state index contributed by atoms with van der Waals surface area (Å²) in [5, 5.41) is 2.63. The molecule has 0 aliphatic rings. The number of aromatic nitrogens is 1. The van der Waals surface area contributed by atoms with Crippen LogP contribution >= 0.6 is 0 Å². The predicted molar refractivity (Wildman–Crippen MR) is 56.0 cm³/mol. The lowest BCUT2D eigenvalue weighted by Gasteiger charge is -2.01. The van der Waals surface area contributed by atoms with Crippen LogP contribution in [0, 0.1) is 0 Å². The molecule has 0 aliphatic heterocycles. The SMILES string of the molecule is NC(=O)CCCNC(=O)c1cc(N)c[nH]1. The van der Waals surface area contributed by atoms with Crippen LogP contribution in [0.2, 0.25) is 0 Å². The van der Waals surface area contributed by atoms with Gasteiger partial charge < -0.3 is 21.8 Å². The first-order chi connectivity index (χ1) is 7.09. The van der Waals surface area contributed by atoms with Gasteiger partial charge in [0.1, 0.15) is 5.69 Å². The minimum absolute atomic E-state index is 0.240. The van der Waals surface area contributed by atoms with Gasteiger partial charge in [-0.05, 0) is 12.5 Å². The van der Waals surface area contributed by atoms with E-state index in [0.29, 0.717) is 24.3 Å². The third-order valence-electron chi connectivity index (χ3n) is 1.84. The minimum atomic E-state index is -0.367. The summed E-state index contributed by atoms with van der Waals surface area (Å²) in [5.41, 5.74) is 11.3. The van der Waals surface area contributed by atoms with Crippen molar-refractivity contribution in [1.29, 1.82) is 0 Å². The van der Waals surface area contributed by atoms with Crippen molar-refractivity contribution in [3.63, 3.8) is 0 Å². The highest BCUT2D eigenvalue weighted by Crippen LogP contribution is 2.03. The highest BCUT2D eigenvalue weighted by atomic mass is 16.2. The van der Waals surface area contributed by atoms with Crippen LogP contribution in [-0.4, -0.2) is 23.3 Å². The van der Waals surface area contributed by atoms with Crippen LogP contribution in [0.25, 0.3) is 0 Å². The molecule has 0 fully saturated rings. The Morgan fingerprint density at radius 3 is 2.73 bits per heavy atom. The first kappa shape index (κ1) is 11.1. The van der Waals surface area contributed by atoms with Gasteiger partial charge in [0, 0.05) is 24.8 Å². The van der Waals surface area contributed by atoms with Gasteiger partial charge in [0.2, 0.25) is 5.91 Å². The second-order valence-electron chi connectivity index (χ2n) is 3.17. The summed E-state index contributed by atoms with van der Waals surface area (Å²) >= 11 is 0. The molecule has 1 aromatic heterocycles. The van der Waals surface area contributed by atoms with Crippen LogP contribution in [0.1, 0.15) is 23.3 Å². The van der Waals surface area contributed by atoms with E-state index in [9.17, 15) is 9.59 Å². The minimum Gasteiger partial charge on any atom is -0.397 e. The molecule has 0 saturated heterocycles. The Morgan fingerprint density at radius 1 is 1.47 bits per heavy atom. The lowest BCUT2D eigenvalue weighted by molar-refractivity contribution is -0.118. The normalized spacial score (nSPS) is 9.87. The highest BCUT2D eigenvalue weighted by molar-refractivity contribution is 5.93. The lowest BCUT2D eigenvalue weighted by Crippen LogP contribution is -2.25. The third-order valence-corrected chi connectivity index (χ3v) is 1.84. The van der Waals surface area contributed by atoms with Gasteiger partial charge >= 0.3 is 0 Å². The van der Waals surface area contributed by atoms with E-state index in [1.807, 2.05) is 0 Å². The van der Waals surface area contributed by atoms with Gasteiger partial charge in [0.05, 0.1) is 0 Å². The Balaban J connectivity index is 2.28. The predicted octanol–water partition coefficient (Wildman–Crippen LogP) is -0.408. The summed E-state index contributed by atoms with van der Waals surface area (Å²) in [7, 11) is 0. The molecule has 0 aromatic carbocycles. The van der Waals surface area contributed by atoms with Crippen LogP contribution < -0.4 is 16.8 Å². The van der Waals surface area contributed by atoms with Gasteiger partial charge in [-0.25, -0.2) is 0 Å². The van der Waals surface area contributed by atoms with E-state index in [1.54, 1.807) is 12.3 Å². The molecule has 82 valence electrons. The van der Waals surface area contributed by atoms with E-state index in [4.69, 9.17) is 11.5 Å². The van der Waals surface area contributed by atoms with Gasteiger partial charge in [0.15, 0.2) is 0 Å². The highest BCUT2D eigenvalue weighted by Gasteiger charge is 2.06. The summed E-state index contributed by atoms with van der Waals surface area (Å²) in [6, 6.07) is 1.55. The van der Waals surface area contributed by atoms with Crippen molar-refractivity contribution in [1.82, 2.24) is 10.3 Å². The topological polar surface area (TPSA) is 114 Å². The second-order valence-corrected chi connectivity index (χ2v) is 3.17. The maximum Gasteiger partial charge on any atom is 0.267 e. The molecule has 0 bridgehead atoms. The third kappa shape index (κ3) is 3.72. The van der Waals surface area contributed by atoms with E-state index in [0.717, 1.165) is 0 Å². The number of carbonyl (C=O) groups is 2. The largest absolute Gasteiger partial charge is 0.397 e. The van der Waals surface area contributed by atoms with Crippen LogP contribution in [0.15, 0.2) is 12.3 Å². The maximum atomic E-state index is 11.4. The number of primary amides is 1. The smallest absolute Gasteiger partial charge is 0.267 e. The Kier molecular flexibility index (Phi) is 3.73. The number of H-pyrrole nitrogens is 1. The quantitative estimate of drug-likeness (QED) is 0.495. The molecule has 0 saturated carbocycles. The summed E-state index contributed by atoms with van der Waals surface area (Å²) in [6.07, 6.45) is 2.35. The first-order valence-electron chi connectivity index (χ1n) is 4.60. The fourth-order valence-corrected chi connectivity index (χ4v) is 1.10. The molecule has 0 radical (unpaired) electrons. The number of anilines is 1. The number of rotatable bonds is 5. The molecule has 1 heterocycles.